The van der Waals surface area contributed by atoms with Crippen LogP contribution in [0.15, 0.2) is 12.2 Å². The summed E-state index contributed by atoms with van der Waals surface area (Å²) in [7, 11) is 1.32. The van der Waals surface area contributed by atoms with Gasteiger partial charge in [0.15, 0.2) is 0 Å². The van der Waals surface area contributed by atoms with Gasteiger partial charge in [-0.2, -0.15) is 0 Å². The van der Waals surface area contributed by atoms with E-state index in [4.69, 9.17) is 20.1 Å². The molecule has 2 atom stereocenters. The smallest absolute Gasteiger partial charge is 0.333 e. The van der Waals surface area contributed by atoms with Crippen molar-refractivity contribution in [2.24, 2.45) is 0 Å². The summed E-state index contributed by atoms with van der Waals surface area (Å²) in [5.41, 5.74) is -0.130. The molecule has 0 aromatic heterocycles. The van der Waals surface area contributed by atoms with Gasteiger partial charge < -0.3 is 20.1 Å². The summed E-state index contributed by atoms with van der Waals surface area (Å²) in [5, 5.41) is 26.1. The quantitative estimate of drug-likeness (QED) is 0.486. The van der Waals surface area contributed by atoms with E-state index in [1.165, 1.54) is 7.11 Å². The highest BCUT2D eigenvalue weighted by Crippen LogP contribution is 2.10. The Balaban J connectivity index is 4.18. The first-order chi connectivity index (χ1) is 6.02. The van der Waals surface area contributed by atoms with Gasteiger partial charge in [0.1, 0.15) is 0 Å². The Morgan fingerprint density at radius 1 is 1.62 bits per heavy atom. The van der Waals surface area contributed by atoms with Crippen LogP contribution in [0.2, 0.25) is 0 Å². The minimum Gasteiger partial charge on any atom is -0.478 e. The molecule has 0 aliphatic carbocycles. The van der Waals surface area contributed by atoms with Crippen LogP contribution in [-0.4, -0.2) is 47.2 Å². The number of ether oxygens (including phenoxy) is 1. The van der Waals surface area contributed by atoms with Crippen LogP contribution < -0.4 is 0 Å². The van der Waals surface area contributed by atoms with Crippen molar-refractivity contribution in [3.63, 3.8) is 0 Å². The molecule has 0 aliphatic heterocycles. The van der Waals surface area contributed by atoms with E-state index in [9.17, 15) is 4.79 Å². The maximum absolute atomic E-state index is 10.4. The second-order valence-corrected chi connectivity index (χ2v) is 2.63. The van der Waals surface area contributed by atoms with Crippen molar-refractivity contribution < 1.29 is 24.9 Å². The highest BCUT2D eigenvalue weighted by Gasteiger charge is 2.20. The number of carboxylic acids is 1. The molecular weight excluding hydrogens is 176 g/mol. The lowest BCUT2D eigenvalue weighted by molar-refractivity contribution is -0.134. The maximum atomic E-state index is 10.4. The molecule has 0 fully saturated rings. The number of aliphatic carboxylic acids is 1. The van der Waals surface area contributed by atoms with Crippen molar-refractivity contribution in [1.29, 1.82) is 0 Å². The fourth-order valence-electron chi connectivity index (χ4n) is 0.840. The van der Waals surface area contributed by atoms with Gasteiger partial charge in [0.2, 0.25) is 0 Å². The normalized spacial score (nSPS) is 15.0. The lowest BCUT2D eigenvalue weighted by Gasteiger charge is -2.17. The average Bonchev–Trinajstić information content (AvgIpc) is 2.12. The molecule has 5 nitrogen and oxygen atoms in total. The predicted octanol–water partition coefficient (Wildman–Crippen LogP) is -0.614. The topological polar surface area (TPSA) is 87.0 Å². The van der Waals surface area contributed by atoms with Crippen LogP contribution in [-0.2, 0) is 9.53 Å². The second-order valence-electron chi connectivity index (χ2n) is 2.63. The standard InChI is InChI=1S/C8H14O5/c1-5(8(11)12)7(13-2)3-6(10)4-9/h6-7,9-10H,1,3-4H2,2H3,(H,11,12). The molecule has 2 unspecified atom stereocenters. The van der Waals surface area contributed by atoms with Crippen LogP contribution in [0.5, 0.6) is 0 Å². The van der Waals surface area contributed by atoms with Crippen molar-refractivity contribution >= 4 is 5.97 Å². The maximum Gasteiger partial charge on any atom is 0.333 e. The van der Waals surface area contributed by atoms with E-state index in [0.717, 1.165) is 0 Å². The molecule has 0 heterocycles. The van der Waals surface area contributed by atoms with Gasteiger partial charge in [-0.05, 0) is 0 Å². The molecule has 0 aromatic carbocycles. The molecular formula is C8H14O5. The number of carbonyl (C=O) groups is 1. The molecule has 0 bridgehead atoms. The molecule has 0 rings (SSSR count). The third kappa shape index (κ3) is 4.02. The minimum atomic E-state index is -1.17. The number of hydrogen-bond acceptors (Lipinski definition) is 4. The Morgan fingerprint density at radius 3 is 2.46 bits per heavy atom. The monoisotopic (exact) mass is 190 g/mol. The highest BCUT2D eigenvalue weighted by atomic mass is 16.5. The van der Waals surface area contributed by atoms with Gasteiger partial charge in [0.25, 0.3) is 0 Å². The molecule has 5 heteroatoms. The molecule has 0 aliphatic rings. The van der Waals surface area contributed by atoms with Crippen LogP contribution in [0.25, 0.3) is 0 Å². The highest BCUT2D eigenvalue weighted by molar-refractivity contribution is 5.86. The molecule has 0 aromatic rings. The summed E-state index contributed by atoms with van der Waals surface area (Å²) < 4.78 is 4.79. The van der Waals surface area contributed by atoms with Gasteiger partial charge in [-0.25, -0.2) is 4.79 Å². The summed E-state index contributed by atoms with van der Waals surface area (Å²) in [6.07, 6.45) is -1.72. The number of carboxylic acid groups (broad SMARTS) is 1. The fraction of sp³-hybridized carbons (Fsp3) is 0.625. The number of hydrogen-bond donors (Lipinski definition) is 3. The summed E-state index contributed by atoms with van der Waals surface area (Å²) in [6.45, 7) is 2.87. The summed E-state index contributed by atoms with van der Waals surface area (Å²) >= 11 is 0. The van der Waals surface area contributed by atoms with Crippen LogP contribution >= 0.6 is 0 Å². The lowest BCUT2D eigenvalue weighted by atomic mass is 10.1. The van der Waals surface area contributed by atoms with E-state index in [0.29, 0.717) is 0 Å². The number of methoxy groups -OCH3 is 1. The largest absolute Gasteiger partial charge is 0.478 e. The van der Waals surface area contributed by atoms with E-state index in [1.807, 2.05) is 0 Å². The average molecular weight is 190 g/mol. The number of aliphatic hydroxyl groups is 2. The van der Waals surface area contributed by atoms with E-state index >= 15 is 0 Å². The Bertz CT molecular complexity index is 189. The zero-order valence-electron chi connectivity index (χ0n) is 7.43. The minimum absolute atomic E-state index is 0.0259. The molecule has 76 valence electrons. The van der Waals surface area contributed by atoms with Gasteiger partial charge in [-0.1, -0.05) is 6.58 Å². The Kier molecular flexibility index (Phi) is 5.29. The molecule has 13 heavy (non-hydrogen) atoms. The van der Waals surface area contributed by atoms with Gasteiger partial charge in [0.05, 0.1) is 24.4 Å². The zero-order chi connectivity index (χ0) is 10.4. The second kappa shape index (κ2) is 5.69. The predicted molar refractivity (Wildman–Crippen MR) is 45.3 cm³/mol. The van der Waals surface area contributed by atoms with Crippen LogP contribution in [0.3, 0.4) is 0 Å². The molecule has 0 saturated heterocycles. The Labute approximate surface area is 76.3 Å². The Morgan fingerprint density at radius 2 is 2.15 bits per heavy atom. The fourth-order valence-corrected chi connectivity index (χ4v) is 0.840. The SMILES string of the molecule is C=C(C(=O)O)C(CC(O)CO)OC. The summed E-state index contributed by atoms with van der Waals surface area (Å²) in [6, 6.07) is 0. The van der Waals surface area contributed by atoms with Crippen molar-refractivity contribution in [1.82, 2.24) is 0 Å². The third-order valence-corrected chi connectivity index (χ3v) is 1.64. The number of rotatable bonds is 6. The van der Waals surface area contributed by atoms with Gasteiger partial charge in [-0.15, -0.1) is 0 Å². The first-order valence-corrected chi connectivity index (χ1v) is 3.76. The molecule has 0 saturated carbocycles. The first kappa shape index (κ1) is 12.1. The van der Waals surface area contributed by atoms with Crippen molar-refractivity contribution in [3.8, 4) is 0 Å². The van der Waals surface area contributed by atoms with Crippen molar-refractivity contribution in [2.45, 2.75) is 18.6 Å². The van der Waals surface area contributed by atoms with E-state index in [-0.39, 0.29) is 12.0 Å². The lowest BCUT2D eigenvalue weighted by Crippen LogP contribution is -2.26. The van der Waals surface area contributed by atoms with Crippen LogP contribution in [0, 0.1) is 0 Å². The summed E-state index contributed by atoms with van der Waals surface area (Å²) in [5.74, 6) is -1.17. The Hall–Kier alpha value is -0.910. The van der Waals surface area contributed by atoms with E-state index < -0.39 is 24.8 Å². The van der Waals surface area contributed by atoms with E-state index in [2.05, 4.69) is 6.58 Å². The zero-order valence-corrected chi connectivity index (χ0v) is 7.43. The van der Waals surface area contributed by atoms with Gasteiger partial charge >= 0.3 is 5.97 Å². The molecule has 0 radical (unpaired) electrons. The van der Waals surface area contributed by atoms with Gasteiger partial charge in [0, 0.05) is 13.5 Å². The van der Waals surface area contributed by atoms with Gasteiger partial charge in [-0.3, -0.25) is 0 Å². The molecule has 0 spiro atoms. The number of aliphatic hydroxyl groups excluding tert-OH is 2. The third-order valence-electron chi connectivity index (χ3n) is 1.64. The van der Waals surface area contributed by atoms with E-state index in [1.54, 1.807) is 0 Å². The molecule has 0 amide bonds. The van der Waals surface area contributed by atoms with Crippen LogP contribution in [0.4, 0.5) is 0 Å². The van der Waals surface area contributed by atoms with Crippen molar-refractivity contribution in [3.05, 3.63) is 12.2 Å². The van der Waals surface area contributed by atoms with Crippen molar-refractivity contribution in [2.75, 3.05) is 13.7 Å². The first-order valence-electron chi connectivity index (χ1n) is 3.76. The molecule has 3 N–H and O–H groups in total. The van der Waals surface area contributed by atoms with Crippen LogP contribution in [0.1, 0.15) is 6.42 Å². The summed E-state index contributed by atoms with van der Waals surface area (Å²) in [4.78, 5) is 10.4.